The molecule has 0 unspecified atom stereocenters. The van der Waals surface area contributed by atoms with E-state index in [1.807, 2.05) is 11.8 Å². The van der Waals surface area contributed by atoms with Crippen LogP contribution in [0.4, 0.5) is 5.82 Å². The van der Waals surface area contributed by atoms with Crippen molar-refractivity contribution < 1.29 is 4.79 Å². The second-order valence-electron chi connectivity index (χ2n) is 4.21. The van der Waals surface area contributed by atoms with E-state index >= 15 is 0 Å². The number of aryl methyl sites for hydroxylation is 1. The Labute approximate surface area is 103 Å². The first-order chi connectivity index (χ1) is 8.08. The first-order valence-electron chi connectivity index (χ1n) is 6.11. The number of nitrogens with two attached hydrogens (primary N) is 1. The van der Waals surface area contributed by atoms with Crippen LogP contribution in [-0.2, 0) is 0 Å². The second kappa shape index (κ2) is 6.23. The summed E-state index contributed by atoms with van der Waals surface area (Å²) < 4.78 is 0. The second-order valence-corrected chi connectivity index (χ2v) is 4.21. The average Bonchev–Trinajstić information content (AvgIpc) is 2.26. The largest absolute Gasteiger partial charge is 0.384 e. The molecule has 17 heavy (non-hydrogen) atoms. The van der Waals surface area contributed by atoms with E-state index in [1.165, 1.54) is 0 Å². The predicted molar refractivity (Wildman–Crippen MR) is 69.9 cm³/mol. The highest BCUT2D eigenvalue weighted by atomic mass is 16.2. The fourth-order valence-corrected chi connectivity index (χ4v) is 1.85. The van der Waals surface area contributed by atoms with Crippen LogP contribution in [-0.4, -0.2) is 28.9 Å². The molecule has 0 atom stereocenters. The number of anilines is 1. The molecule has 0 saturated heterocycles. The molecule has 0 spiro atoms. The number of amides is 1. The number of hydrogen-bond donors (Lipinski definition) is 1. The zero-order valence-corrected chi connectivity index (χ0v) is 10.9. The Bertz CT molecular complexity index is 364. The third-order valence-electron chi connectivity index (χ3n) is 2.49. The van der Waals surface area contributed by atoms with Gasteiger partial charge in [0.25, 0.3) is 5.91 Å². The number of carbonyl (C=O) groups excluding carboxylic acids is 1. The third kappa shape index (κ3) is 3.73. The number of rotatable bonds is 5. The van der Waals surface area contributed by atoms with E-state index in [4.69, 9.17) is 5.73 Å². The van der Waals surface area contributed by atoms with Crippen molar-refractivity contribution in [2.45, 2.75) is 33.6 Å². The molecule has 0 saturated carbocycles. The summed E-state index contributed by atoms with van der Waals surface area (Å²) >= 11 is 0. The Morgan fingerprint density at radius 3 is 2.35 bits per heavy atom. The summed E-state index contributed by atoms with van der Waals surface area (Å²) in [7, 11) is 0. The minimum atomic E-state index is 0.0471. The van der Waals surface area contributed by atoms with Crippen LogP contribution in [0.3, 0.4) is 0 Å². The quantitative estimate of drug-likeness (QED) is 0.851. The van der Waals surface area contributed by atoms with Gasteiger partial charge in [-0.15, -0.1) is 0 Å². The highest BCUT2D eigenvalue weighted by Gasteiger charge is 2.15. The van der Waals surface area contributed by atoms with Crippen LogP contribution >= 0.6 is 0 Å². The summed E-state index contributed by atoms with van der Waals surface area (Å²) in [4.78, 5) is 18.2. The van der Waals surface area contributed by atoms with Gasteiger partial charge in [-0.1, -0.05) is 13.8 Å². The first kappa shape index (κ1) is 13.5. The summed E-state index contributed by atoms with van der Waals surface area (Å²) in [6, 6.07) is 3.44. The van der Waals surface area contributed by atoms with Crippen molar-refractivity contribution in [3.05, 3.63) is 23.4 Å². The van der Waals surface area contributed by atoms with Gasteiger partial charge in [-0.3, -0.25) is 4.79 Å². The molecule has 0 aromatic carbocycles. The van der Waals surface area contributed by atoms with Crippen molar-refractivity contribution in [3.8, 4) is 0 Å². The predicted octanol–water partition coefficient (Wildman–Crippen LogP) is 2.23. The van der Waals surface area contributed by atoms with Crippen molar-refractivity contribution in [1.29, 1.82) is 0 Å². The monoisotopic (exact) mass is 235 g/mol. The van der Waals surface area contributed by atoms with Gasteiger partial charge in [0.05, 0.1) is 0 Å². The molecule has 1 aromatic heterocycles. The summed E-state index contributed by atoms with van der Waals surface area (Å²) in [6.07, 6.45) is 1.93. The maximum atomic E-state index is 12.3. The van der Waals surface area contributed by atoms with Gasteiger partial charge in [-0.25, -0.2) is 4.98 Å². The topological polar surface area (TPSA) is 59.2 Å². The van der Waals surface area contributed by atoms with Crippen molar-refractivity contribution >= 4 is 11.7 Å². The van der Waals surface area contributed by atoms with Crippen molar-refractivity contribution in [3.63, 3.8) is 0 Å². The average molecular weight is 235 g/mol. The molecule has 0 aliphatic heterocycles. The smallest absolute Gasteiger partial charge is 0.254 e. The van der Waals surface area contributed by atoms with Gasteiger partial charge < -0.3 is 10.6 Å². The van der Waals surface area contributed by atoms with E-state index in [2.05, 4.69) is 18.8 Å². The van der Waals surface area contributed by atoms with Gasteiger partial charge in [0.2, 0.25) is 0 Å². The number of aromatic nitrogens is 1. The summed E-state index contributed by atoms with van der Waals surface area (Å²) in [5, 5.41) is 0. The van der Waals surface area contributed by atoms with E-state index in [0.29, 0.717) is 11.4 Å². The molecule has 0 aliphatic carbocycles. The molecule has 4 nitrogen and oxygen atoms in total. The fourth-order valence-electron chi connectivity index (χ4n) is 1.85. The van der Waals surface area contributed by atoms with E-state index in [-0.39, 0.29) is 5.91 Å². The summed E-state index contributed by atoms with van der Waals surface area (Å²) in [6.45, 7) is 7.56. The Morgan fingerprint density at radius 2 is 1.88 bits per heavy atom. The van der Waals surface area contributed by atoms with Gasteiger partial charge in [-0.05, 0) is 31.9 Å². The summed E-state index contributed by atoms with van der Waals surface area (Å²) in [5.41, 5.74) is 7.08. The van der Waals surface area contributed by atoms with Gasteiger partial charge in [0, 0.05) is 24.3 Å². The van der Waals surface area contributed by atoms with Crippen LogP contribution in [0, 0.1) is 6.92 Å². The van der Waals surface area contributed by atoms with E-state index in [9.17, 15) is 4.79 Å². The van der Waals surface area contributed by atoms with Gasteiger partial charge in [0.15, 0.2) is 0 Å². The van der Waals surface area contributed by atoms with Crippen LogP contribution in [0.25, 0.3) is 0 Å². The molecule has 0 fully saturated rings. The lowest BCUT2D eigenvalue weighted by Crippen LogP contribution is -2.32. The van der Waals surface area contributed by atoms with Crippen molar-refractivity contribution in [2.75, 3.05) is 18.8 Å². The standard InChI is InChI=1S/C13H21N3O/c1-4-6-16(7-5-2)13(17)11-8-10(3)15-12(14)9-11/h8-9H,4-7H2,1-3H3,(H2,14,15). The lowest BCUT2D eigenvalue weighted by atomic mass is 10.2. The molecule has 94 valence electrons. The normalized spacial score (nSPS) is 10.3. The molecule has 0 bridgehead atoms. The number of carbonyl (C=O) groups is 1. The summed E-state index contributed by atoms with van der Waals surface area (Å²) in [5.74, 6) is 0.451. The number of pyridine rings is 1. The lowest BCUT2D eigenvalue weighted by molar-refractivity contribution is 0.0755. The van der Waals surface area contributed by atoms with Crippen LogP contribution in [0.5, 0.6) is 0 Å². The van der Waals surface area contributed by atoms with Crippen molar-refractivity contribution in [1.82, 2.24) is 9.88 Å². The fraction of sp³-hybridized carbons (Fsp3) is 0.538. The van der Waals surface area contributed by atoms with E-state index in [0.717, 1.165) is 31.6 Å². The Balaban J connectivity index is 2.92. The van der Waals surface area contributed by atoms with Crippen LogP contribution in [0.15, 0.2) is 12.1 Å². The van der Waals surface area contributed by atoms with Gasteiger partial charge in [0.1, 0.15) is 5.82 Å². The van der Waals surface area contributed by atoms with Crippen LogP contribution < -0.4 is 5.73 Å². The Hall–Kier alpha value is -1.58. The SMILES string of the molecule is CCCN(CCC)C(=O)c1cc(C)nc(N)c1. The molecule has 0 radical (unpaired) electrons. The molecule has 1 amide bonds. The molecule has 4 heteroatoms. The maximum absolute atomic E-state index is 12.3. The molecule has 1 rings (SSSR count). The molecule has 1 heterocycles. The van der Waals surface area contributed by atoms with E-state index in [1.54, 1.807) is 12.1 Å². The first-order valence-corrected chi connectivity index (χ1v) is 6.11. The minimum Gasteiger partial charge on any atom is -0.384 e. The molecular formula is C13H21N3O. The molecular weight excluding hydrogens is 214 g/mol. The van der Waals surface area contributed by atoms with Crippen LogP contribution in [0.1, 0.15) is 42.7 Å². The Morgan fingerprint density at radius 1 is 1.29 bits per heavy atom. The zero-order chi connectivity index (χ0) is 12.8. The molecule has 2 N–H and O–H groups in total. The molecule has 0 aliphatic rings. The number of nitrogen functional groups attached to an aromatic ring is 1. The number of hydrogen-bond acceptors (Lipinski definition) is 3. The Kier molecular flexibility index (Phi) is 4.94. The minimum absolute atomic E-state index is 0.0471. The van der Waals surface area contributed by atoms with Gasteiger partial charge in [-0.2, -0.15) is 0 Å². The highest BCUT2D eigenvalue weighted by Crippen LogP contribution is 2.11. The number of nitrogens with zero attached hydrogens (tertiary/aromatic N) is 2. The third-order valence-corrected chi connectivity index (χ3v) is 2.49. The van der Waals surface area contributed by atoms with Crippen LogP contribution in [0.2, 0.25) is 0 Å². The van der Waals surface area contributed by atoms with Gasteiger partial charge >= 0.3 is 0 Å². The zero-order valence-electron chi connectivity index (χ0n) is 10.9. The highest BCUT2D eigenvalue weighted by molar-refractivity contribution is 5.94. The maximum Gasteiger partial charge on any atom is 0.254 e. The van der Waals surface area contributed by atoms with E-state index < -0.39 is 0 Å². The lowest BCUT2D eigenvalue weighted by Gasteiger charge is -2.21. The molecule has 1 aromatic rings. The van der Waals surface area contributed by atoms with Crippen molar-refractivity contribution in [2.24, 2.45) is 0 Å².